The molecule has 2 aromatic carbocycles. The molecule has 160 valence electrons. The minimum absolute atomic E-state index is 0.00267. The van der Waals surface area contributed by atoms with Crippen molar-refractivity contribution >= 4 is 23.4 Å². The number of hydrogen-bond acceptors (Lipinski definition) is 3. The van der Waals surface area contributed by atoms with Crippen LogP contribution in [0.4, 0.5) is 0 Å². The molecule has 2 N–H and O–H groups in total. The zero-order valence-corrected chi connectivity index (χ0v) is 18.8. The van der Waals surface area contributed by atoms with E-state index in [1.54, 1.807) is 19.2 Å². The molecule has 3 rings (SSSR count). The van der Waals surface area contributed by atoms with Crippen molar-refractivity contribution in [1.82, 2.24) is 15.5 Å². The number of likely N-dealkylation sites (N-methyl/N-ethyl adjacent to an activating group) is 1. The Hall–Kier alpha value is -2.37. The van der Waals surface area contributed by atoms with Crippen LogP contribution in [-0.4, -0.2) is 50.4 Å². The molecule has 0 spiro atoms. The quantitative estimate of drug-likeness (QED) is 0.679. The predicted molar refractivity (Wildman–Crippen MR) is 121 cm³/mol. The van der Waals surface area contributed by atoms with Crippen molar-refractivity contribution in [2.75, 3.05) is 27.7 Å². The van der Waals surface area contributed by atoms with Gasteiger partial charge in [-0.15, -0.1) is 0 Å². The molecule has 0 radical (unpaired) electrons. The van der Waals surface area contributed by atoms with E-state index in [1.807, 2.05) is 38.4 Å². The monoisotopic (exact) mass is 427 g/mol. The van der Waals surface area contributed by atoms with Crippen LogP contribution >= 0.6 is 11.6 Å². The second-order valence-electron chi connectivity index (χ2n) is 8.49. The molecule has 1 fully saturated rings. The fourth-order valence-corrected chi connectivity index (χ4v) is 4.13. The fraction of sp³-hybridized carbons (Fsp3) is 0.417. The standard InChI is InChI=1S/C24H30ClN3O2/c1-24(18-8-6-5-7-9-18)14-20(24)23(30)27-15-19(28(3)4)13-17-12-16(22(29)26-2)10-11-21(17)25/h5-12,19-20H,13-15H2,1-4H3,(H,26,29)(H,27,30)/t19-,20?,24?/m0/s1. The van der Waals surface area contributed by atoms with Crippen molar-refractivity contribution in [3.8, 4) is 0 Å². The number of rotatable bonds is 8. The van der Waals surface area contributed by atoms with Crippen molar-refractivity contribution in [2.24, 2.45) is 5.92 Å². The molecule has 2 aromatic rings. The van der Waals surface area contributed by atoms with Crippen LogP contribution < -0.4 is 10.6 Å². The van der Waals surface area contributed by atoms with E-state index in [9.17, 15) is 9.59 Å². The van der Waals surface area contributed by atoms with E-state index in [4.69, 9.17) is 11.6 Å². The number of nitrogens with zero attached hydrogens (tertiary/aromatic N) is 1. The van der Waals surface area contributed by atoms with Crippen molar-refractivity contribution in [3.05, 3.63) is 70.2 Å². The Balaban J connectivity index is 1.63. The van der Waals surface area contributed by atoms with Crippen molar-refractivity contribution in [3.63, 3.8) is 0 Å². The molecular weight excluding hydrogens is 398 g/mol. The summed E-state index contributed by atoms with van der Waals surface area (Å²) in [6, 6.07) is 15.6. The molecule has 6 heteroatoms. The minimum atomic E-state index is -0.142. The van der Waals surface area contributed by atoms with Gasteiger partial charge < -0.3 is 15.5 Å². The number of carbonyl (C=O) groups is 2. The van der Waals surface area contributed by atoms with Gasteiger partial charge in [-0.3, -0.25) is 9.59 Å². The molecule has 30 heavy (non-hydrogen) atoms. The van der Waals surface area contributed by atoms with Gasteiger partial charge in [-0.2, -0.15) is 0 Å². The Kier molecular flexibility index (Phi) is 6.84. The van der Waals surface area contributed by atoms with E-state index < -0.39 is 0 Å². The topological polar surface area (TPSA) is 61.4 Å². The largest absolute Gasteiger partial charge is 0.355 e. The number of halogens is 1. The van der Waals surface area contributed by atoms with Gasteiger partial charge in [0.25, 0.3) is 5.91 Å². The lowest BCUT2D eigenvalue weighted by molar-refractivity contribution is -0.122. The normalized spacial score (nSPS) is 21.2. The Morgan fingerprint density at radius 1 is 1.20 bits per heavy atom. The number of nitrogens with one attached hydrogen (secondary N) is 2. The van der Waals surface area contributed by atoms with E-state index in [0.29, 0.717) is 23.6 Å². The van der Waals surface area contributed by atoms with Crippen LogP contribution in [0.15, 0.2) is 48.5 Å². The van der Waals surface area contributed by atoms with Gasteiger partial charge in [-0.1, -0.05) is 48.9 Å². The molecule has 0 aliphatic heterocycles. The molecule has 1 aliphatic rings. The Bertz CT molecular complexity index is 916. The molecule has 3 atom stereocenters. The number of carbonyl (C=O) groups excluding carboxylic acids is 2. The maximum Gasteiger partial charge on any atom is 0.251 e. The lowest BCUT2D eigenvalue weighted by Gasteiger charge is -2.25. The molecule has 2 unspecified atom stereocenters. The first-order valence-corrected chi connectivity index (χ1v) is 10.6. The smallest absolute Gasteiger partial charge is 0.251 e. The summed E-state index contributed by atoms with van der Waals surface area (Å²) in [6.45, 7) is 2.67. The van der Waals surface area contributed by atoms with Crippen LogP contribution in [0.25, 0.3) is 0 Å². The number of hydrogen-bond donors (Lipinski definition) is 2. The maximum atomic E-state index is 12.8. The molecule has 0 saturated heterocycles. The first-order chi connectivity index (χ1) is 14.3. The van der Waals surface area contributed by atoms with E-state index in [2.05, 4.69) is 34.6 Å². The predicted octanol–water partition coefficient (Wildman–Crippen LogP) is 3.27. The molecule has 1 aliphatic carbocycles. The first kappa shape index (κ1) is 22.3. The number of benzene rings is 2. The zero-order valence-electron chi connectivity index (χ0n) is 18.0. The van der Waals surface area contributed by atoms with Crippen LogP contribution in [0.1, 0.15) is 34.8 Å². The first-order valence-electron chi connectivity index (χ1n) is 10.3. The lowest BCUT2D eigenvalue weighted by Crippen LogP contribution is -2.42. The Morgan fingerprint density at radius 2 is 1.90 bits per heavy atom. The summed E-state index contributed by atoms with van der Waals surface area (Å²) in [5.41, 5.74) is 2.61. The highest BCUT2D eigenvalue weighted by Gasteiger charge is 2.55. The van der Waals surface area contributed by atoms with Crippen LogP contribution in [-0.2, 0) is 16.6 Å². The summed E-state index contributed by atoms with van der Waals surface area (Å²) in [5.74, 6) is -0.0437. The Labute approximate surface area is 183 Å². The van der Waals surface area contributed by atoms with Gasteiger partial charge >= 0.3 is 0 Å². The van der Waals surface area contributed by atoms with Crippen LogP contribution in [0.2, 0.25) is 5.02 Å². The third-order valence-corrected chi connectivity index (χ3v) is 6.59. The minimum Gasteiger partial charge on any atom is -0.355 e. The summed E-state index contributed by atoms with van der Waals surface area (Å²) in [4.78, 5) is 26.8. The average Bonchev–Trinajstić information content (AvgIpc) is 3.45. The van der Waals surface area contributed by atoms with Gasteiger partial charge in [0, 0.05) is 41.6 Å². The van der Waals surface area contributed by atoms with Crippen LogP contribution in [0.5, 0.6) is 0 Å². The summed E-state index contributed by atoms with van der Waals surface area (Å²) < 4.78 is 0. The molecule has 0 aromatic heterocycles. The zero-order chi connectivity index (χ0) is 21.9. The van der Waals surface area contributed by atoms with Gasteiger partial charge in [-0.05, 0) is 56.3 Å². The number of amides is 2. The highest BCUT2D eigenvalue weighted by atomic mass is 35.5. The molecule has 2 amide bonds. The van der Waals surface area contributed by atoms with E-state index in [0.717, 1.165) is 12.0 Å². The van der Waals surface area contributed by atoms with Gasteiger partial charge in [-0.25, -0.2) is 0 Å². The molecule has 0 heterocycles. The highest BCUT2D eigenvalue weighted by molar-refractivity contribution is 6.31. The average molecular weight is 428 g/mol. The summed E-state index contributed by atoms with van der Waals surface area (Å²) >= 11 is 6.38. The SMILES string of the molecule is CNC(=O)c1ccc(Cl)c(C[C@@H](CNC(=O)C2CC2(C)c2ccccc2)N(C)C)c1. The Morgan fingerprint density at radius 3 is 2.53 bits per heavy atom. The summed E-state index contributed by atoms with van der Waals surface area (Å²) in [6.07, 6.45) is 1.51. The van der Waals surface area contributed by atoms with Crippen LogP contribution in [0, 0.1) is 5.92 Å². The summed E-state index contributed by atoms with van der Waals surface area (Å²) in [5, 5.41) is 6.40. The van der Waals surface area contributed by atoms with Crippen molar-refractivity contribution < 1.29 is 9.59 Å². The van der Waals surface area contributed by atoms with Crippen molar-refractivity contribution in [2.45, 2.75) is 31.2 Å². The van der Waals surface area contributed by atoms with E-state index >= 15 is 0 Å². The molecule has 5 nitrogen and oxygen atoms in total. The molecule has 1 saturated carbocycles. The highest BCUT2D eigenvalue weighted by Crippen LogP contribution is 2.53. The van der Waals surface area contributed by atoms with Crippen molar-refractivity contribution in [1.29, 1.82) is 0 Å². The summed E-state index contributed by atoms with van der Waals surface area (Å²) in [7, 11) is 5.58. The maximum absolute atomic E-state index is 12.8. The lowest BCUT2D eigenvalue weighted by atomic mass is 9.95. The van der Waals surface area contributed by atoms with E-state index in [-0.39, 0.29) is 29.2 Å². The third kappa shape index (κ3) is 4.85. The van der Waals surface area contributed by atoms with Gasteiger partial charge in [0.1, 0.15) is 0 Å². The third-order valence-electron chi connectivity index (χ3n) is 6.22. The molecular formula is C24H30ClN3O2. The van der Waals surface area contributed by atoms with Gasteiger partial charge in [0.05, 0.1) is 0 Å². The molecule has 0 bridgehead atoms. The van der Waals surface area contributed by atoms with Gasteiger partial charge in [0.2, 0.25) is 5.91 Å². The second-order valence-corrected chi connectivity index (χ2v) is 8.90. The second kappa shape index (κ2) is 9.19. The van der Waals surface area contributed by atoms with E-state index in [1.165, 1.54) is 5.56 Å². The van der Waals surface area contributed by atoms with Gasteiger partial charge in [0.15, 0.2) is 0 Å². The fourth-order valence-electron chi connectivity index (χ4n) is 3.93. The van der Waals surface area contributed by atoms with Crippen LogP contribution in [0.3, 0.4) is 0 Å².